The second-order valence-corrected chi connectivity index (χ2v) is 2.86. The second kappa shape index (κ2) is 4.88. The van der Waals surface area contributed by atoms with Crippen LogP contribution in [0, 0.1) is 11.8 Å². The molecule has 0 saturated heterocycles. The van der Waals surface area contributed by atoms with E-state index in [9.17, 15) is 9.59 Å². The molecule has 0 aromatic heterocycles. The maximum absolute atomic E-state index is 10.7. The lowest BCUT2D eigenvalue weighted by Gasteiger charge is -2.11. The van der Waals surface area contributed by atoms with Crippen LogP contribution in [0.25, 0.3) is 0 Å². The lowest BCUT2D eigenvalue weighted by atomic mass is 9.94. The molecule has 2 N–H and O–H groups in total. The second-order valence-electron chi connectivity index (χ2n) is 2.86. The van der Waals surface area contributed by atoms with Crippen LogP contribution in [0.1, 0.15) is 26.7 Å². The smallest absolute Gasteiger partial charge is 0.220 e. The summed E-state index contributed by atoms with van der Waals surface area (Å²) in [5.74, 6) is -0.510. The van der Waals surface area contributed by atoms with Crippen LogP contribution in [-0.2, 0) is 9.59 Å². The number of hydrogen-bond acceptors (Lipinski definition) is 2. The zero-order chi connectivity index (χ0) is 8.85. The number of nitrogens with two attached hydrogens (primary N) is 1. The van der Waals surface area contributed by atoms with Crippen molar-refractivity contribution in [1.29, 1.82) is 0 Å². The van der Waals surface area contributed by atoms with Crippen molar-refractivity contribution in [2.75, 3.05) is 0 Å². The Hall–Kier alpha value is -0.860. The van der Waals surface area contributed by atoms with Crippen molar-refractivity contribution in [1.82, 2.24) is 0 Å². The molecule has 0 bridgehead atoms. The third-order valence-corrected chi connectivity index (χ3v) is 1.78. The van der Waals surface area contributed by atoms with Crippen LogP contribution in [0.15, 0.2) is 0 Å². The molecule has 0 aliphatic carbocycles. The molecular formula is C8H15NO2. The van der Waals surface area contributed by atoms with Gasteiger partial charge in [-0.05, 0) is 12.8 Å². The van der Waals surface area contributed by atoms with Gasteiger partial charge in [-0.1, -0.05) is 13.8 Å². The Labute approximate surface area is 67.0 Å². The zero-order valence-corrected chi connectivity index (χ0v) is 7.04. The Morgan fingerprint density at radius 2 is 2.18 bits per heavy atom. The number of carbonyl (C=O) groups is 2. The highest BCUT2D eigenvalue weighted by molar-refractivity contribution is 5.76. The zero-order valence-electron chi connectivity index (χ0n) is 7.04. The summed E-state index contributed by atoms with van der Waals surface area (Å²) in [7, 11) is 0. The molecule has 0 radical (unpaired) electrons. The third kappa shape index (κ3) is 3.75. The predicted octanol–water partition coefficient (Wildman–Crippen LogP) is 0.723. The highest BCUT2D eigenvalue weighted by Crippen LogP contribution is 2.12. The summed E-state index contributed by atoms with van der Waals surface area (Å²) >= 11 is 0. The predicted molar refractivity (Wildman–Crippen MR) is 42.8 cm³/mol. The molecule has 3 heteroatoms. The Kier molecular flexibility index (Phi) is 4.50. The fraction of sp³-hybridized carbons (Fsp3) is 0.750. The summed E-state index contributed by atoms with van der Waals surface area (Å²) in [5.41, 5.74) is 5.10. The van der Waals surface area contributed by atoms with Gasteiger partial charge in [-0.2, -0.15) is 0 Å². The molecule has 0 heterocycles. The van der Waals surface area contributed by atoms with Crippen molar-refractivity contribution in [3.8, 4) is 0 Å². The molecule has 0 rings (SSSR count). The van der Waals surface area contributed by atoms with E-state index in [0.717, 1.165) is 6.29 Å². The monoisotopic (exact) mass is 157 g/mol. The van der Waals surface area contributed by atoms with Crippen LogP contribution in [0.2, 0.25) is 0 Å². The number of carbonyl (C=O) groups excluding carboxylic acids is 2. The normalized spacial score (nSPS) is 15.5. The number of amides is 1. The molecule has 3 nitrogen and oxygen atoms in total. The Morgan fingerprint density at radius 1 is 1.64 bits per heavy atom. The van der Waals surface area contributed by atoms with Gasteiger partial charge in [0.15, 0.2) is 0 Å². The van der Waals surface area contributed by atoms with E-state index in [1.165, 1.54) is 0 Å². The van der Waals surface area contributed by atoms with E-state index in [1.54, 1.807) is 6.92 Å². The van der Waals surface area contributed by atoms with Gasteiger partial charge in [0.2, 0.25) is 5.91 Å². The van der Waals surface area contributed by atoms with Gasteiger partial charge in [0, 0.05) is 11.8 Å². The van der Waals surface area contributed by atoms with Crippen molar-refractivity contribution in [2.45, 2.75) is 26.7 Å². The molecule has 0 saturated carbocycles. The summed E-state index contributed by atoms with van der Waals surface area (Å²) in [4.78, 5) is 20.9. The van der Waals surface area contributed by atoms with E-state index in [2.05, 4.69) is 0 Å². The van der Waals surface area contributed by atoms with Crippen LogP contribution in [0.3, 0.4) is 0 Å². The van der Waals surface area contributed by atoms with Crippen LogP contribution in [-0.4, -0.2) is 12.2 Å². The van der Waals surface area contributed by atoms with Gasteiger partial charge < -0.3 is 10.5 Å². The maximum Gasteiger partial charge on any atom is 0.220 e. The average Bonchev–Trinajstić information content (AvgIpc) is 1.99. The fourth-order valence-electron chi connectivity index (χ4n) is 0.988. The van der Waals surface area contributed by atoms with Gasteiger partial charge in [0.1, 0.15) is 6.29 Å². The van der Waals surface area contributed by atoms with Gasteiger partial charge in [-0.15, -0.1) is 0 Å². The topological polar surface area (TPSA) is 60.2 Å². The number of aldehydes is 1. The summed E-state index contributed by atoms with van der Waals surface area (Å²) in [6.07, 6.45) is 2.15. The highest BCUT2D eigenvalue weighted by Gasteiger charge is 2.15. The standard InChI is InChI=1S/C8H15NO2/c1-3-7(8(9)11)4-6(2)5-10/h5-7H,3-4H2,1-2H3,(H2,9,11). The molecule has 1 amide bonds. The molecule has 0 fully saturated rings. The van der Waals surface area contributed by atoms with E-state index in [-0.39, 0.29) is 17.7 Å². The molecule has 0 aliphatic rings. The van der Waals surface area contributed by atoms with Crippen molar-refractivity contribution in [3.05, 3.63) is 0 Å². The maximum atomic E-state index is 10.7. The minimum absolute atomic E-state index is 0.0625. The van der Waals surface area contributed by atoms with E-state index >= 15 is 0 Å². The Balaban J connectivity index is 3.87. The average molecular weight is 157 g/mol. The number of primary amides is 1. The van der Waals surface area contributed by atoms with E-state index in [4.69, 9.17) is 5.73 Å². The van der Waals surface area contributed by atoms with Crippen molar-refractivity contribution >= 4 is 12.2 Å². The molecule has 0 spiro atoms. The van der Waals surface area contributed by atoms with Crippen LogP contribution >= 0.6 is 0 Å². The van der Waals surface area contributed by atoms with Crippen molar-refractivity contribution in [2.24, 2.45) is 17.6 Å². The lowest BCUT2D eigenvalue weighted by Crippen LogP contribution is -2.24. The molecule has 2 unspecified atom stereocenters. The first-order valence-electron chi connectivity index (χ1n) is 3.86. The van der Waals surface area contributed by atoms with Gasteiger partial charge in [-0.3, -0.25) is 4.79 Å². The minimum atomic E-state index is -0.304. The molecule has 64 valence electrons. The summed E-state index contributed by atoms with van der Waals surface area (Å²) in [6.45, 7) is 3.69. The van der Waals surface area contributed by atoms with E-state index < -0.39 is 0 Å². The van der Waals surface area contributed by atoms with Crippen LogP contribution < -0.4 is 5.73 Å². The van der Waals surface area contributed by atoms with Gasteiger partial charge in [0.25, 0.3) is 0 Å². The van der Waals surface area contributed by atoms with Crippen LogP contribution in [0.4, 0.5) is 0 Å². The minimum Gasteiger partial charge on any atom is -0.369 e. The molecular weight excluding hydrogens is 142 g/mol. The molecule has 0 aromatic carbocycles. The quantitative estimate of drug-likeness (QED) is 0.598. The summed E-state index contributed by atoms with van der Waals surface area (Å²) < 4.78 is 0. The molecule has 11 heavy (non-hydrogen) atoms. The third-order valence-electron chi connectivity index (χ3n) is 1.78. The summed E-state index contributed by atoms with van der Waals surface area (Å²) in [6, 6.07) is 0. The van der Waals surface area contributed by atoms with Crippen molar-refractivity contribution in [3.63, 3.8) is 0 Å². The van der Waals surface area contributed by atoms with Crippen molar-refractivity contribution < 1.29 is 9.59 Å². The number of rotatable bonds is 5. The fourth-order valence-corrected chi connectivity index (χ4v) is 0.988. The first-order chi connectivity index (χ1) is 5.11. The number of hydrogen-bond donors (Lipinski definition) is 1. The first kappa shape index (κ1) is 10.1. The largest absolute Gasteiger partial charge is 0.369 e. The first-order valence-corrected chi connectivity index (χ1v) is 3.86. The SMILES string of the molecule is CCC(CC(C)C=O)C(N)=O. The molecule has 2 atom stereocenters. The Morgan fingerprint density at radius 3 is 2.45 bits per heavy atom. The van der Waals surface area contributed by atoms with Crippen LogP contribution in [0.5, 0.6) is 0 Å². The Bertz CT molecular complexity index is 145. The van der Waals surface area contributed by atoms with Gasteiger partial charge in [-0.25, -0.2) is 0 Å². The lowest BCUT2D eigenvalue weighted by molar-refractivity contribution is -0.122. The van der Waals surface area contributed by atoms with Gasteiger partial charge >= 0.3 is 0 Å². The van der Waals surface area contributed by atoms with Gasteiger partial charge in [0.05, 0.1) is 0 Å². The molecule has 0 aromatic rings. The van der Waals surface area contributed by atoms with E-state index in [0.29, 0.717) is 12.8 Å². The molecule has 0 aliphatic heterocycles. The van der Waals surface area contributed by atoms with E-state index in [1.807, 2.05) is 6.92 Å². The summed E-state index contributed by atoms with van der Waals surface area (Å²) in [5, 5.41) is 0. The highest BCUT2D eigenvalue weighted by atomic mass is 16.1.